The number of methoxy groups -OCH3 is 1. The molecule has 0 N–H and O–H groups in total. The first-order chi connectivity index (χ1) is 9.70. The van der Waals surface area contributed by atoms with Crippen LogP contribution in [0.4, 0.5) is 0 Å². The van der Waals surface area contributed by atoms with Crippen LogP contribution in [0.5, 0.6) is 5.75 Å². The van der Waals surface area contributed by atoms with E-state index in [9.17, 15) is 10.0 Å². The average molecular weight is 275 g/mol. The summed E-state index contributed by atoms with van der Waals surface area (Å²) in [6.45, 7) is 2.81. The van der Waals surface area contributed by atoms with Crippen molar-refractivity contribution in [2.24, 2.45) is 5.92 Å². The molecule has 3 aliphatic heterocycles. The number of carbonyl (C=O) groups excluding carboxylic acids is 1. The lowest BCUT2D eigenvalue weighted by atomic mass is 9.83. The van der Waals surface area contributed by atoms with Gasteiger partial charge in [-0.25, -0.2) is 0 Å². The molecule has 0 aliphatic carbocycles. The van der Waals surface area contributed by atoms with Gasteiger partial charge in [0.25, 0.3) is 0 Å². The highest BCUT2D eigenvalue weighted by Gasteiger charge is 2.36. The summed E-state index contributed by atoms with van der Waals surface area (Å²) in [7, 11) is 1.51. The number of benzene rings is 1. The molecule has 1 amide bonds. The van der Waals surface area contributed by atoms with Gasteiger partial charge in [0.05, 0.1) is 12.7 Å². The van der Waals surface area contributed by atoms with E-state index in [0.29, 0.717) is 28.8 Å². The molecule has 0 saturated carbocycles. The Kier molecular flexibility index (Phi) is 3.63. The third kappa shape index (κ3) is 2.27. The number of hydrogen-bond acceptors (Lipinski definition) is 4. The molecule has 108 valence electrons. The third-order valence-corrected chi connectivity index (χ3v) is 4.46. The Morgan fingerprint density at radius 3 is 2.65 bits per heavy atom. The Morgan fingerprint density at radius 2 is 2.05 bits per heavy atom. The van der Waals surface area contributed by atoms with Gasteiger partial charge in [-0.3, -0.25) is 4.79 Å². The van der Waals surface area contributed by atoms with Crippen molar-refractivity contribution in [3.05, 3.63) is 35.0 Å². The van der Waals surface area contributed by atoms with E-state index in [1.807, 2.05) is 0 Å². The fraction of sp³-hybridized carbons (Fsp3) is 0.533. The van der Waals surface area contributed by atoms with Gasteiger partial charge < -0.3 is 19.9 Å². The third-order valence-electron chi connectivity index (χ3n) is 4.46. The van der Waals surface area contributed by atoms with E-state index in [1.54, 1.807) is 24.3 Å². The lowest BCUT2D eigenvalue weighted by Crippen LogP contribution is -2.57. The molecule has 1 aromatic rings. The van der Waals surface area contributed by atoms with E-state index < -0.39 is 5.91 Å². The summed E-state index contributed by atoms with van der Waals surface area (Å²) in [6, 6.07) is 6.68. The maximum atomic E-state index is 12.4. The van der Waals surface area contributed by atoms with Crippen LogP contribution in [0, 0.1) is 11.1 Å². The first-order valence-corrected chi connectivity index (χ1v) is 7.06. The van der Waals surface area contributed by atoms with E-state index in [1.165, 1.54) is 7.11 Å². The van der Waals surface area contributed by atoms with E-state index in [-0.39, 0.29) is 6.04 Å². The number of ether oxygens (including phenoxy) is 1. The number of amides is 1. The van der Waals surface area contributed by atoms with Crippen molar-refractivity contribution >= 4 is 5.91 Å². The highest BCUT2D eigenvalue weighted by molar-refractivity contribution is 5.97. The van der Waals surface area contributed by atoms with Crippen molar-refractivity contribution in [1.29, 1.82) is 0 Å². The second-order valence-electron chi connectivity index (χ2n) is 5.54. The minimum absolute atomic E-state index is 0.213. The maximum absolute atomic E-state index is 12.4. The van der Waals surface area contributed by atoms with Gasteiger partial charge in [-0.1, -0.05) is 12.1 Å². The van der Waals surface area contributed by atoms with Crippen molar-refractivity contribution in [3.63, 3.8) is 0 Å². The highest BCUT2D eigenvalue weighted by atomic mass is 16.5. The summed E-state index contributed by atoms with van der Waals surface area (Å²) in [5, 5.41) is 13.1. The van der Waals surface area contributed by atoms with Crippen LogP contribution >= 0.6 is 0 Å². The van der Waals surface area contributed by atoms with Gasteiger partial charge in [-0.15, -0.1) is 0 Å². The van der Waals surface area contributed by atoms with Gasteiger partial charge >= 0.3 is 0 Å². The van der Waals surface area contributed by atoms with Crippen LogP contribution in [0.3, 0.4) is 0 Å². The normalized spacial score (nSPS) is 28.2. The van der Waals surface area contributed by atoms with E-state index >= 15 is 0 Å². The Labute approximate surface area is 118 Å². The molecule has 2 bridgehead atoms. The Morgan fingerprint density at radius 1 is 1.35 bits per heavy atom. The fourth-order valence-electron chi connectivity index (χ4n) is 3.29. The molecular weight excluding hydrogens is 256 g/mol. The number of hydroxylamine groups is 2. The van der Waals surface area contributed by atoms with Gasteiger partial charge in [0.15, 0.2) is 0 Å². The summed E-state index contributed by atoms with van der Waals surface area (Å²) < 4.78 is 5.17. The molecule has 3 saturated heterocycles. The molecule has 5 heteroatoms. The first kappa shape index (κ1) is 13.4. The number of piperidine rings is 3. The van der Waals surface area contributed by atoms with Crippen molar-refractivity contribution in [2.45, 2.75) is 18.9 Å². The molecule has 3 heterocycles. The average Bonchev–Trinajstić information content (AvgIpc) is 2.54. The van der Waals surface area contributed by atoms with Crippen LogP contribution in [0.15, 0.2) is 24.3 Å². The van der Waals surface area contributed by atoms with Gasteiger partial charge in [-0.05, 0) is 44.0 Å². The second kappa shape index (κ2) is 5.42. The largest absolute Gasteiger partial charge is 0.756 e. The van der Waals surface area contributed by atoms with Crippen LogP contribution in [0.2, 0.25) is 0 Å². The lowest BCUT2D eigenvalue weighted by molar-refractivity contribution is 0.0229. The highest BCUT2D eigenvalue weighted by Crippen LogP contribution is 2.32. The van der Waals surface area contributed by atoms with Crippen molar-refractivity contribution in [3.8, 4) is 5.75 Å². The summed E-state index contributed by atoms with van der Waals surface area (Å²) >= 11 is 0. The van der Waals surface area contributed by atoms with Crippen LogP contribution < -0.4 is 4.74 Å². The van der Waals surface area contributed by atoms with Gasteiger partial charge in [0, 0.05) is 12.6 Å². The second-order valence-corrected chi connectivity index (χ2v) is 5.54. The Balaban J connectivity index is 1.80. The topological polar surface area (TPSA) is 55.8 Å². The number of hydrogen-bond donors (Lipinski definition) is 0. The molecule has 5 nitrogen and oxygen atoms in total. The summed E-state index contributed by atoms with van der Waals surface area (Å²) in [5.41, 5.74) is 0.349. The van der Waals surface area contributed by atoms with Crippen molar-refractivity contribution in [2.75, 3.05) is 26.7 Å². The number of rotatable bonds is 3. The molecule has 20 heavy (non-hydrogen) atoms. The molecule has 4 rings (SSSR count). The zero-order valence-electron chi connectivity index (χ0n) is 11.6. The van der Waals surface area contributed by atoms with E-state index in [4.69, 9.17) is 4.74 Å². The molecule has 3 fully saturated rings. The van der Waals surface area contributed by atoms with Gasteiger partial charge in [0.1, 0.15) is 5.75 Å². The summed E-state index contributed by atoms with van der Waals surface area (Å²) in [6.07, 6.45) is 2.03. The Bertz CT molecular complexity index is 498. The van der Waals surface area contributed by atoms with Crippen LogP contribution in [0.1, 0.15) is 23.2 Å². The fourth-order valence-corrected chi connectivity index (χ4v) is 3.29. The lowest BCUT2D eigenvalue weighted by Gasteiger charge is -2.51. The number of para-hydroxylation sites is 1. The Hall–Kier alpha value is -1.59. The SMILES string of the molecule is COc1ccccc1C(=O)N([O-])C1CN2CCC1CC2. The molecule has 0 radical (unpaired) electrons. The number of carbonyl (C=O) groups is 1. The van der Waals surface area contributed by atoms with Crippen LogP contribution in [-0.2, 0) is 0 Å². The zero-order chi connectivity index (χ0) is 14.1. The predicted octanol–water partition coefficient (Wildman–Crippen LogP) is 1.73. The van der Waals surface area contributed by atoms with Crippen LogP contribution in [0.25, 0.3) is 0 Å². The molecule has 1 unspecified atom stereocenters. The molecule has 1 aromatic carbocycles. The van der Waals surface area contributed by atoms with Crippen LogP contribution in [-0.4, -0.2) is 48.7 Å². The zero-order valence-corrected chi connectivity index (χ0v) is 11.6. The quantitative estimate of drug-likeness (QED) is 0.788. The van der Waals surface area contributed by atoms with Gasteiger partial charge in [-0.2, -0.15) is 0 Å². The first-order valence-electron chi connectivity index (χ1n) is 7.06. The summed E-state index contributed by atoms with van der Waals surface area (Å²) in [4.78, 5) is 14.7. The van der Waals surface area contributed by atoms with E-state index in [2.05, 4.69) is 4.90 Å². The standard InChI is InChI=1S/C15H19N2O3/c1-20-14-5-3-2-4-12(14)15(18)17(19)13-10-16-8-6-11(13)7-9-16/h2-5,11,13H,6-10H2,1H3/q-1. The van der Waals surface area contributed by atoms with Gasteiger partial charge in [0.2, 0.25) is 5.91 Å². The summed E-state index contributed by atoms with van der Waals surface area (Å²) in [5.74, 6) is 0.317. The maximum Gasteiger partial charge on any atom is 0.247 e. The monoisotopic (exact) mass is 275 g/mol. The predicted molar refractivity (Wildman–Crippen MR) is 75.5 cm³/mol. The minimum Gasteiger partial charge on any atom is -0.756 e. The number of fused-ring (bicyclic) bond motifs is 3. The molecule has 1 atom stereocenters. The minimum atomic E-state index is -0.485. The molecule has 0 aromatic heterocycles. The molecule has 0 spiro atoms. The number of nitrogens with zero attached hydrogens (tertiary/aromatic N) is 2. The smallest absolute Gasteiger partial charge is 0.247 e. The van der Waals surface area contributed by atoms with E-state index in [0.717, 1.165) is 25.9 Å². The van der Waals surface area contributed by atoms with Crippen molar-refractivity contribution < 1.29 is 9.53 Å². The molecule has 3 aliphatic rings. The van der Waals surface area contributed by atoms with Crippen molar-refractivity contribution in [1.82, 2.24) is 9.96 Å². The molecular formula is C15H19N2O3-.